The van der Waals surface area contributed by atoms with E-state index >= 15 is 0 Å². The minimum atomic E-state index is -0.771. The molecule has 1 fully saturated rings. The number of piperidine rings is 1. The highest BCUT2D eigenvalue weighted by molar-refractivity contribution is 5.79. The molecule has 7 nitrogen and oxygen atoms in total. The lowest BCUT2D eigenvalue weighted by atomic mass is 9.91. The van der Waals surface area contributed by atoms with Crippen molar-refractivity contribution in [3.63, 3.8) is 0 Å². The van der Waals surface area contributed by atoms with Crippen LogP contribution in [0.15, 0.2) is 48.5 Å². The van der Waals surface area contributed by atoms with E-state index in [4.69, 9.17) is 9.84 Å². The molecule has 0 spiro atoms. The molecular formula is C28H34N2O5. The summed E-state index contributed by atoms with van der Waals surface area (Å²) in [6.45, 7) is 3.24. The Morgan fingerprint density at radius 1 is 1.00 bits per heavy atom. The number of likely N-dealkylation sites (tertiary alicyclic amines) is 1. The molecule has 2 amide bonds. The number of benzene rings is 2. The number of hydrogen-bond acceptors (Lipinski definition) is 4. The maximum Gasteiger partial charge on any atom is 0.407 e. The third-order valence-corrected chi connectivity index (χ3v) is 7.23. The van der Waals surface area contributed by atoms with E-state index in [-0.39, 0.29) is 23.8 Å². The van der Waals surface area contributed by atoms with Gasteiger partial charge in [-0.2, -0.15) is 0 Å². The topological polar surface area (TPSA) is 95.9 Å². The zero-order valence-electron chi connectivity index (χ0n) is 20.2. The Balaban J connectivity index is 1.13. The first-order valence-electron chi connectivity index (χ1n) is 12.6. The van der Waals surface area contributed by atoms with Crippen molar-refractivity contribution in [3.05, 3.63) is 59.7 Å². The molecule has 7 heteroatoms. The van der Waals surface area contributed by atoms with Crippen molar-refractivity contribution in [1.82, 2.24) is 10.2 Å². The van der Waals surface area contributed by atoms with E-state index in [0.29, 0.717) is 39.0 Å². The summed E-state index contributed by atoms with van der Waals surface area (Å²) in [5, 5.41) is 12.0. The SMILES string of the molecule is CC1CC(C(=O)O)CCN1C(=O)CCCCCNC(=O)OCC1c2ccccc2-c2ccccc21. The largest absolute Gasteiger partial charge is 0.481 e. The zero-order chi connectivity index (χ0) is 24.8. The Morgan fingerprint density at radius 2 is 1.66 bits per heavy atom. The third kappa shape index (κ3) is 5.84. The number of nitrogens with one attached hydrogen (secondary N) is 1. The van der Waals surface area contributed by atoms with Gasteiger partial charge in [-0.15, -0.1) is 0 Å². The van der Waals surface area contributed by atoms with E-state index in [9.17, 15) is 14.4 Å². The second-order valence-corrected chi connectivity index (χ2v) is 9.56. The molecule has 2 unspecified atom stereocenters. The number of nitrogens with zero attached hydrogens (tertiary/aromatic N) is 1. The number of hydrogen-bond donors (Lipinski definition) is 2. The molecule has 1 heterocycles. The van der Waals surface area contributed by atoms with Crippen molar-refractivity contribution in [3.8, 4) is 11.1 Å². The van der Waals surface area contributed by atoms with Crippen molar-refractivity contribution in [2.45, 2.75) is 57.4 Å². The highest BCUT2D eigenvalue weighted by Gasteiger charge is 2.32. The van der Waals surface area contributed by atoms with Gasteiger partial charge in [0.05, 0.1) is 5.92 Å². The van der Waals surface area contributed by atoms with Crippen LogP contribution in [-0.2, 0) is 14.3 Å². The van der Waals surface area contributed by atoms with Crippen LogP contribution in [0.5, 0.6) is 0 Å². The number of fused-ring (bicyclic) bond motifs is 3. The molecule has 1 aliphatic carbocycles. The summed E-state index contributed by atoms with van der Waals surface area (Å²) in [6.07, 6.45) is 3.42. The summed E-state index contributed by atoms with van der Waals surface area (Å²) < 4.78 is 5.55. The van der Waals surface area contributed by atoms with Crippen molar-refractivity contribution >= 4 is 18.0 Å². The zero-order valence-corrected chi connectivity index (χ0v) is 20.2. The summed E-state index contributed by atoms with van der Waals surface area (Å²) in [5.74, 6) is -0.987. The molecule has 0 saturated carbocycles. The fourth-order valence-corrected chi connectivity index (χ4v) is 5.33. The molecule has 2 N–H and O–H groups in total. The molecule has 2 atom stereocenters. The van der Waals surface area contributed by atoms with Gasteiger partial charge in [-0.1, -0.05) is 55.0 Å². The minimum absolute atomic E-state index is 0.0346. The standard InChI is InChI=1S/C28H34N2O5/c1-19-17-20(27(32)33)14-16-30(19)26(31)13-3-2-8-15-29-28(34)35-18-25-23-11-6-4-9-21(23)22-10-5-7-12-24(22)25/h4-7,9-12,19-20,25H,2-3,8,13-18H2,1H3,(H,29,34)(H,32,33). The Labute approximate surface area is 206 Å². The molecule has 1 aliphatic heterocycles. The summed E-state index contributed by atoms with van der Waals surface area (Å²) in [7, 11) is 0. The van der Waals surface area contributed by atoms with Gasteiger partial charge in [0, 0.05) is 31.5 Å². The maximum atomic E-state index is 12.5. The van der Waals surface area contributed by atoms with E-state index in [2.05, 4.69) is 29.6 Å². The normalized spacial score (nSPS) is 19.1. The molecule has 2 aliphatic rings. The highest BCUT2D eigenvalue weighted by Crippen LogP contribution is 2.44. The number of alkyl carbamates (subject to hydrolysis) is 1. The number of carboxylic acids is 1. The number of amides is 2. The van der Waals surface area contributed by atoms with Crippen LogP contribution in [0, 0.1) is 5.92 Å². The van der Waals surface area contributed by atoms with Gasteiger partial charge in [-0.3, -0.25) is 9.59 Å². The molecule has 186 valence electrons. The molecule has 1 saturated heterocycles. The Bertz CT molecular complexity index is 1020. The first kappa shape index (κ1) is 24.8. The van der Waals surface area contributed by atoms with Gasteiger partial charge in [0.25, 0.3) is 0 Å². The molecule has 2 aromatic carbocycles. The summed E-state index contributed by atoms with van der Waals surface area (Å²) in [6, 6.07) is 16.5. The second-order valence-electron chi connectivity index (χ2n) is 9.56. The highest BCUT2D eigenvalue weighted by atomic mass is 16.5. The van der Waals surface area contributed by atoms with Crippen LogP contribution >= 0.6 is 0 Å². The number of carbonyl (C=O) groups is 3. The lowest BCUT2D eigenvalue weighted by Gasteiger charge is -2.36. The van der Waals surface area contributed by atoms with Crippen LogP contribution in [-0.4, -0.2) is 53.7 Å². The predicted molar refractivity (Wildman–Crippen MR) is 133 cm³/mol. The van der Waals surface area contributed by atoms with Crippen molar-refractivity contribution in [1.29, 1.82) is 0 Å². The molecule has 0 radical (unpaired) electrons. The average molecular weight is 479 g/mol. The molecule has 2 aromatic rings. The first-order valence-corrected chi connectivity index (χ1v) is 12.6. The lowest BCUT2D eigenvalue weighted by molar-refractivity contribution is -0.147. The molecule has 0 bridgehead atoms. The minimum Gasteiger partial charge on any atom is -0.481 e. The van der Waals surface area contributed by atoms with Gasteiger partial charge in [0.1, 0.15) is 6.61 Å². The van der Waals surface area contributed by atoms with Crippen molar-refractivity contribution in [2.75, 3.05) is 19.7 Å². The molecule has 0 aromatic heterocycles. The van der Waals surface area contributed by atoms with Gasteiger partial charge in [-0.05, 0) is 54.9 Å². The maximum absolute atomic E-state index is 12.5. The van der Waals surface area contributed by atoms with Crippen LogP contribution < -0.4 is 5.32 Å². The Kier molecular flexibility index (Phi) is 8.06. The number of rotatable bonds is 9. The lowest BCUT2D eigenvalue weighted by Crippen LogP contribution is -2.46. The number of carboxylic acid groups (broad SMARTS) is 1. The van der Waals surface area contributed by atoms with Crippen LogP contribution in [0.1, 0.15) is 62.5 Å². The summed E-state index contributed by atoms with van der Waals surface area (Å²) in [5.41, 5.74) is 4.78. The third-order valence-electron chi connectivity index (χ3n) is 7.23. The van der Waals surface area contributed by atoms with Gasteiger partial charge in [0.2, 0.25) is 5.91 Å². The monoisotopic (exact) mass is 478 g/mol. The first-order chi connectivity index (χ1) is 17.0. The molecule has 4 rings (SSSR count). The number of unbranched alkanes of at least 4 members (excludes halogenated alkanes) is 2. The smallest absolute Gasteiger partial charge is 0.407 e. The second kappa shape index (κ2) is 11.4. The Hall–Kier alpha value is -3.35. The summed E-state index contributed by atoms with van der Waals surface area (Å²) >= 11 is 0. The number of carbonyl (C=O) groups excluding carboxylic acids is 2. The van der Waals surface area contributed by atoms with E-state index in [1.807, 2.05) is 36.1 Å². The van der Waals surface area contributed by atoms with Crippen LogP contribution in [0.4, 0.5) is 4.79 Å². The fraction of sp³-hybridized carbons (Fsp3) is 0.464. The predicted octanol–water partition coefficient (Wildman–Crippen LogP) is 4.80. The van der Waals surface area contributed by atoms with Crippen LogP contribution in [0.25, 0.3) is 11.1 Å². The van der Waals surface area contributed by atoms with Gasteiger partial charge in [0.15, 0.2) is 0 Å². The van der Waals surface area contributed by atoms with Gasteiger partial charge < -0.3 is 20.1 Å². The molecule has 35 heavy (non-hydrogen) atoms. The van der Waals surface area contributed by atoms with E-state index < -0.39 is 12.1 Å². The summed E-state index contributed by atoms with van der Waals surface area (Å²) in [4.78, 5) is 37.7. The number of aliphatic carboxylic acids is 1. The van der Waals surface area contributed by atoms with E-state index in [1.165, 1.54) is 22.3 Å². The van der Waals surface area contributed by atoms with Gasteiger partial charge >= 0.3 is 12.1 Å². The van der Waals surface area contributed by atoms with E-state index in [0.717, 1.165) is 19.3 Å². The van der Waals surface area contributed by atoms with Crippen LogP contribution in [0.2, 0.25) is 0 Å². The average Bonchev–Trinajstić information content (AvgIpc) is 3.18. The number of ether oxygens (including phenoxy) is 1. The Morgan fingerprint density at radius 3 is 2.29 bits per heavy atom. The molecular weight excluding hydrogens is 444 g/mol. The van der Waals surface area contributed by atoms with Crippen LogP contribution in [0.3, 0.4) is 0 Å². The van der Waals surface area contributed by atoms with Crippen molar-refractivity contribution < 1.29 is 24.2 Å². The van der Waals surface area contributed by atoms with Gasteiger partial charge in [-0.25, -0.2) is 4.79 Å². The van der Waals surface area contributed by atoms with E-state index in [1.54, 1.807) is 0 Å². The van der Waals surface area contributed by atoms with Crippen molar-refractivity contribution in [2.24, 2.45) is 5.92 Å². The quantitative estimate of drug-likeness (QED) is 0.505. The fourth-order valence-electron chi connectivity index (χ4n) is 5.33.